The van der Waals surface area contributed by atoms with E-state index in [0.717, 1.165) is 22.7 Å². The van der Waals surface area contributed by atoms with E-state index in [4.69, 9.17) is 0 Å². The average Bonchev–Trinajstić information content (AvgIpc) is 3.23. The molecule has 2 heterocycles. The van der Waals surface area contributed by atoms with Crippen molar-refractivity contribution in [1.29, 1.82) is 0 Å². The Morgan fingerprint density at radius 2 is 1.78 bits per heavy atom. The van der Waals surface area contributed by atoms with E-state index in [9.17, 15) is 24.6 Å². The van der Waals surface area contributed by atoms with Crippen LogP contribution in [0.1, 0.15) is 71.5 Å². The molecule has 0 fully saturated rings. The molecule has 0 aliphatic carbocycles. The van der Waals surface area contributed by atoms with E-state index in [-0.39, 0.29) is 35.9 Å². The Kier molecular flexibility index (Phi) is 10.3. The Labute approximate surface area is 219 Å². The number of nitrogens with zero attached hydrogens (tertiary/aromatic N) is 2. The fraction of sp³-hybridized carbons (Fsp3) is 0.643. The first-order chi connectivity index (χ1) is 16.7. The number of aryl methyl sites for hydroxylation is 1. The summed E-state index contributed by atoms with van der Waals surface area (Å²) >= 11 is 1.56. The summed E-state index contributed by atoms with van der Waals surface area (Å²) in [4.78, 5) is 45.5. The Morgan fingerprint density at radius 3 is 2.36 bits per heavy atom. The van der Waals surface area contributed by atoms with E-state index < -0.39 is 29.5 Å². The smallest absolute Gasteiger partial charge is 0.225 e. The number of carbonyl (C=O) groups is 3. The number of allylic oxidation sites excluding steroid dienone is 2. The maximum Gasteiger partial charge on any atom is 0.225 e. The number of aliphatic hydroxyl groups is 2. The van der Waals surface area contributed by atoms with Gasteiger partial charge in [0, 0.05) is 24.3 Å². The lowest BCUT2D eigenvalue weighted by Gasteiger charge is -2.36. The molecule has 0 spiro atoms. The van der Waals surface area contributed by atoms with Crippen molar-refractivity contribution in [2.75, 3.05) is 7.05 Å². The quantitative estimate of drug-likeness (QED) is 0.607. The van der Waals surface area contributed by atoms with Gasteiger partial charge in [-0.25, -0.2) is 4.98 Å². The topological polar surface area (TPSA) is 108 Å². The Hall–Kier alpha value is -2.16. The third kappa shape index (κ3) is 7.20. The summed E-state index contributed by atoms with van der Waals surface area (Å²) in [5, 5.41) is 24.7. The molecule has 200 valence electrons. The first-order valence-electron chi connectivity index (χ1n) is 12.6. The number of aliphatic hydroxyl groups excluding tert-OH is 2. The Morgan fingerprint density at radius 1 is 1.14 bits per heavy atom. The first kappa shape index (κ1) is 30.1. The minimum atomic E-state index is -1.28. The number of Topliss-reactive ketones (excluding diaryl/α,β-unsaturated/α-hetero) is 1. The van der Waals surface area contributed by atoms with Gasteiger partial charge in [-0.15, -0.1) is 11.3 Å². The summed E-state index contributed by atoms with van der Waals surface area (Å²) in [6.45, 7) is 12.3. The zero-order valence-corrected chi connectivity index (χ0v) is 23.6. The van der Waals surface area contributed by atoms with E-state index in [1.54, 1.807) is 51.0 Å². The zero-order valence-electron chi connectivity index (χ0n) is 22.8. The summed E-state index contributed by atoms with van der Waals surface area (Å²) in [6.07, 6.45) is 4.05. The van der Waals surface area contributed by atoms with Gasteiger partial charge >= 0.3 is 0 Å². The van der Waals surface area contributed by atoms with Crippen LogP contribution < -0.4 is 0 Å². The van der Waals surface area contributed by atoms with E-state index >= 15 is 0 Å². The number of thiazole rings is 1. The summed E-state index contributed by atoms with van der Waals surface area (Å²) < 4.78 is 0. The molecule has 1 unspecified atom stereocenters. The maximum atomic E-state index is 13.3. The molecule has 0 bridgehead atoms. The number of hydrogen-bond donors (Lipinski definition) is 2. The van der Waals surface area contributed by atoms with Crippen molar-refractivity contribution in [2.24, 2.45) is 23.2 Å². The third-order valence-electron chi connectivity index (χ3n) is 7.61. The van der Waals surface area contributed by atoms with Gasteiger partial charge in [0.1, 0.15) is 5.78 Å². The summed E-state index contributed by atoms with van der Waals surface area (Å²) in [7, 11) is 1.72. The SMILES string of the molecule is CC(=Cc1csc(C)n1)[C@@H]1CCC(C)C=CC(=O)[C@H](C)[C@H](O)[C@@H](C)C(=O)C(C)(C)[C@@H](O)CC(=O)N1C. The second-order valence-electron chi connectivity index (χ2n) is 10.9. The first-order valence-corrected chi connectivity index (χ1v) is 13.5. The molecule has 7 nitrogen and oxygen atoms in total. The zero-order chi connectivity index (χ0) is 27.4. The lowest BCUT2D eigenvalue weighted by Crippen LogP contribution is -2.48. The molecule has 1 aliphatic heterocycles. The second kappa shape index (κ2) is 12.4. The molecule has 0 aromatic carbocycles. The second-order valence-corrected chi connectivity index (χ2v) is 12.0. The molecular formula is C28H42N2O5S. The van der Waals surface area contributed by atoms with Crippen molar-refractivity contribution >= 4 is 34.9 Å². The van der Waals surface area contributed by atoms with Crippen LogP contribution in [-0.4, -0.2) is 62.9 Å². The van der Waals surface area contributed by atoms with Crippen LogP contribution in [-0.2, 0) is 14.4 Å². The molecule has 8 heteroatoms. The van der Waals surface area contributed by atoms with Gasteiger partial charge in [-0.05, 0) is 50.3 Å². The van der Waals surface area contributed by atoms with Crippen LogP contribution in [0.2, 0.25) is 0 Å². The predicted octanol–water partition coefficient (Wildman–Crippen LogP) is 4.22. The van der Waals surface area contributed by atoms with Crippen molar-refractivity contribution < 1.29 is 24.6 Å². The van der Waals surface area contributed by atoms with Crippen molar-refractivity contribution in [2.45, 2.75) is 86.0 Å². The fourth-order valence-electron chi connectivity index (χ4n) is 4.68. The van der Waals surface area contributed by atoms with Gasteiger partial charge in [-0.3, -0.25) is 14.4 Å². The molecule has 2 rings (SSSR count). The van der Waals surface area contributed by atoms with Gasteiger partial charge in [0.15, 0.2) is 5.78 Å². The van der Waals surface area contributed by atoms with E-state index in [1.807, 2.05) is 38.3 Å². The molecule has 2 N–H and O–H groups in total. The van der Waals surface area contributed by atoms with Crippen molar-refractivity contribution in [1.82, 2.24) is 9.88 Å². The highest BCUT2D eigenvalue weighted by atomic mass is 32.1. The highest BCUT2D eigenvalue weighted by molar-refractivity contribution is 7.09. The minimum Gasteiger partial charge on any atom is -0.392 e. The number of carbonyl (C=O) groups excluding carboxylic acids is 3. The fourth-order valence-corrected chi connectivity index (χ4v) is 5.25. The number of amides is 1. The van der Waals surface area contributed by atoms with Crippen LogP contribution in [0.5, 0.6) is 0 Å². The molecule has 0 saturated heterocycles. The third-order valence-corrected chi connectivity index (χ3v) is 8.40. The van der Waals surface area contributed by atoms with Gasteiger partial charge in [-0.2, -0.15) is 0 Å². The maximum absolute atomic E-state index is 13.3. The van der Waals surface area contributed by atoms with Crippen LogP contribution >= 0.6 is 11.3 Å². The molecule has 1 amide bonds. The molecule has 36 heavy (non-hydrogen) atoms. The van der Waals surface area contributed by atoms with Crippen LogP contribution in [0.15, 0.2) is 23.1 Å². The Bertz CT molecular complexity index is 1010. The standard InChI is InChI=1S/C28H42N2O5S/c1-16-9-11-22(17(2)13-21-15-36-20(5)29-21)30(8)25(33)14-24(32)28(6,7)27(35)19(4)26(34)18(3)23(31)12-10-16/h10,12-13,15-16,18-19,22,24,26,32,34H,9,11,14H2,1-8H3/t16?,18-,19+,22-,24-,26-/m0/s1. The van der Waals surface area contributed by atoms with E-state index in [0.29, 0.717) is 6.42 Å². The largest absolute Gasteiger partial charge is 0.392 e. The number of hydrogen-bond acceptors (Lipinski definition) is 7. The molecule has 1 aliphatic rings. The molecule has 1 aromatic rings. The lowest BCUT2D eigenvalue weighted by atomic mass is 9.73. The molecule has 6 atom stereocenters. The Balaban J connectivity index is 2.45. The van der Waals surface area contributed by atoms with Crippen LogP contribution in [0.3, 0.4) is 0 Å². The van der Waals surface area contributed by atoms with Crippen LogP contribution in [0.25, 0.3) is 6.08 Å². The average molecular weight is 519 g/mol. The van der Waals surface area contributed by atoms with E-state index in [2.05, 4.69) is 4.98 Å². The predicted molar refractivity (Wildman–Crippen MR) is 143 cm³/mol. The summed E-state index contributed by atoms with van der Waals surface area (Å²) in [5.41, 5.74) is 0.536. The van der Waals surface area contributed by atoms with Crippen LogP contribution in [0.4, 0.5) is 0 Å². The van der Waals surface area contributed by atoms with Gasteiger partial charge in [0.25, 0.3) is 0 Å². The summed E-state index contributed by atoms with van der Waals surface area (Å²) in [5.74, 6) is -2.45. The normalized spacial score (nSPS) is 31.7. The molecular weight excluding hydrogens is 476 g/mol. The van der Waals surface area contributed by atoms with Crippen molar-refractivity contribution in [3.05, 3.63) is 33.8 Å². The molecule has 0 radical (unpaired) electrons. The van der Waals surface area contributed by atoms with E-state index in [1.165, 1.54) is 6.08 Å². The van der Waals surface area contributed by atoms with Gasteiger partial charge < -0.3 is 15.1 Å². The minimum absolute atomic E-state index is 0.0649. The highest BCUT2D eigenvalue weighted by Crippen LogP contribution is 2.32. The molecule has 0 saturated carbocycles. The number of likely N-dealkylation sites (N-methyl/N-ethyl adjacent to an activating group) is 1. The lowest BCUT2D eigenvalue weighted by molar-refractivity contribution is -0.145. The van der Waals surface area contributed by atoms with Crippen molar-refractivity contribution in [3.8, 4) is 0 Å². The number of ketones is 2. The van der Waals surface area contributed by atoms with Gasteiger partial charge in [0.2, 0.25) is 5.91 Å². The van der Waals surface area contributed by atoms with Gasteiger partial charge in [-0.1, -0.05) is 40.7 Å². The van der Waals surface area contributed by atoms with Gasteiger partial charge in [0.05, 0.1) is 40.8 Å². The highest BCUT2D eigenvalue weighted by Gasteiger charge is 2.43. The number of rotatable bonds is 2. The monoisotopic (exact) mass is 518 g/mol. The summed E-state index contributed by atoms with van der Waals surface area (Å²) in [6, 6.07) is -0.232. The van der Waals surface area contributed by atoms with Crippen LogP contribution in [0, 0.1) is 30.1 Å². The van der Waals surface area contributed by atoms with Crippen molar-refractivity contribution in [3.63, 3.8) is 0 Å². The molecule has 1 aromatic heterocycles. The number of aromatic nitrogens is 1.